The molecule has 0 saturated carbocycles. The van der Waals surface area contributed by atoms with Crippen molar-refractivity contribution in [2.24, 2.45) is 11.8 Å². The Bertz CT molecular complexity index is 470. The molecule has 102 valence electrons. The Kier molecular flexibility index (Phi) is 4.16. The average molecular weight is 262 g/mol. The lowest BCUT2D eigenvalue weighted by Crippen LogP contribution is -2.27. The van der Waals surface area contributed by atoms with Gasteiger partial charge in [0.15, 0.2) is 0 Å². The first-order valence-electron chi connectivity index (χ1n) is 6.38. The van der Waals surface area contributed by atoms with Crippen LogP contribution in [-0.4, -0.2) is 30.1 Å². The molecule has 0 spiro atoms. The normalized spacial score (nSPS) is 22.2. The minimum Gasteiger partial charge on any atom is -0.481 e. The van der Waals surface area contributed by atoms with Crippen LogP contribution in [-0.2, 0) is 16.0 Å². The summed E-state index contributed by atoms with van der Waals surface area (Å²) in [6.07, 6.45) is -0.00218. The van der Waals surface area contributed by atoms with E-state index in [0.717, 1.165) is 12.1 Å². The summed E-state index contributed by atoms with van der Waals surface area (Å²) in [6, 6.07) is 6.92. The summed E-state index contributed by atoms with van der Waals surface area (Å²) in [7, 11) is 0. The first-order chi connectivity index (χ1) is 9.06. The van der Waals surface area contributed by atoms with Gasteiger partial charge in [0.05, 0.1) is 12.3 Å². The molecule has 0 bridgehead atoms. The van der Waals surface area contributed by atoms with E-state index in [1.165, 1.54) is 0 Å². The van der Waals surface area contributed by atoms with Gasteiger partial charge in [0.2, 0.25) is 5.91 Å². The van der Waals surface area contributed by atoms with E-state index in [9.17, 15) is 9.59 Å². The Hall–Kier alpha value is -1.88. The number of hydrogen-bond acceptors (Lipinski definition) is 3. The third-order valence-corrected chi connectivity index (χ3v) is 3.43. The molecular formula is C14H18N2O3. The predicted octanol–water partition coefficient (Wildman–Crippen LogP) is 1.11. The minimum absolute atomic E-state index is 0.00121. The summed E-state index contributed by atoms with van der Waals surface area (Å²) in [5, 5.41) is 14.7. The van der Waals surface area contributed by atoms with Crippen LogP contribution in [0.1, 0.15) is 12.5 Å². The molecule has 1 amide bonds. The predicted molar refractivity (Wildman–Crippen MR) is 71.9 cm³/mol. The van der Waals surface area contributed by atoms with Crippen molar-refractivity contribution in [1.29, 1.82) is 0 Å². The van der Waals surface area contributed by atoms with Crippen molar-refractivity contribution in [3.05, 3.63) is 29.8 Å². The topological polar surface area (TPSA) is 78.4 Å². The average Bonchev–Trinajstić information content (AvgIpc) is 2.77. The number of hydrogen-bond donors (Lipinski definition) is 3. The van der Waals surface area contributed by atoms with E-state index in [0.29, 0.717) is 18.2 Å². The maximum absolute atomic E-state index is 12.0. The van der Waals surface area contributed by atoms with E-state index >= 15 is 0 Å². The van der Waals surface area contributed by atoms with Crippen LogP contribution >= 0.6 is 0 Å². The zero-order valence-corrected chi connectivity index (χ0v) is 10.8. The smallest absolute Gasteiger partial charge is 0.307 e. The molecule has 1 aliphatic rings. The monoisotopic (exact) mass is 262 g/mol. The first kappa shape index (κ1) is 13.5. The lowest BCUT2D eigenvalue weighted by Gasteiger charge is -2.14. The fourth-order valence-electron chi connectivity index (χ4n) is 2.28. The van der Waals surface area contributed by atoms with Crippen LogP contribution < -0.4 is 10.6 Å². The van der Waals surface area contributed by atoms with Crippen molar-refractivity contribution < 1.29 is 14.7 Å². The minimum atomic E-state index is -0.859. The van der Waals surface area contributed by atoms with Crippen LogP contribution in [0.2, 0.25) is 0 Å². The largest absolute Gasteiger partial charge is 0.481 e. The molecule has 0 aromatic heterocycles. The second-order valence-corrected chi connectivity index (χ2v) is 5.00. The number of carboxylic acid groups (broad SMARTS) is 1. The SMILES string of the molecule is C[C@@H]1CNC[C@H]1C(=O)Nc1ccc(CC(=O)O)cc1. The number of aliphatic carboxylic acids is 1. The van der Waals surface area contributed by atoms with Gasteiger partial charge in [-0.3, -0.25) is 9.59 Å². The van der Waals surface area contributed by atoms with Gasteiger partial charge in [-0.1, -0.05) is 19.1 Å². The van der Waals surface area contributed by atoms with E-state index in [2.05, 4.69) is 17.6 Å². The molecule has 5 heteroatoms. The Balaban J connectivity index is 1.95. The number of benzene rings is 1. The molecule has 1 aliphatic heterocycles. The number of carboxylic acids is 1. The van der Waals surface area contributed by atoms with Crippen molar-refractivity contribution in [2.75, 3.05) is 18.4 Å². The third kappa shape index (κ3) is 3.54. The first-order valence-corrected chi connectivity index (χ1v) is 6.38. The highest BCUT2D eigenvalue weighted by Crippen LogP contribution is 2.18. The van der Waals surface area contributed by atoms with Gasteiger partial charge in [-0.2, -0.15) is 0 Å². The lowest BCUT2D eigenvalue weighted by atomic mass is 9.97. The summed E-state index contributed by atoms with van der Waals surface area (Å²) in [5.74, 6) is -0.504. The molecule has 0 aliphatic carbocycles. The van der Waals surface area contributed by atoms with Crippen LogP contribution in [0.25, 0.3) is 0 Å². The van der Waals surface area contributed by atoms with Gasteiger partial charge in [-0.25, -0.2) is 0 Å². The van der Waals surface area contributed by atoms with E-state index in [4.69, 9.17) is 5.11 Å². The number of carbonyl (C=O) groups excluding carboxylic acids is 1. The van der Waals surface area contributed by atoms with Crippen molar-refractivity contribution in [3.63, 3.8) is 0 Å². The maximum Gasteiger partial charge on any atom is 0.307 e. The van der Waals surface area contributed by atoms with E-state index in [1.54, 1.807) is 24.3 Å². The summed E-state index contributed by atoms with van der Waals surface area (Å²) in [6.45, 7) is 3.64. The van der Waals surface area contributed by atoms with Gasteiger partial charge in [0.1, 0.15) is 0 Å². The second-order valence-electron chi connectivity index (χ2n) is 5.00. The second kappa shape index (κ2) is 5.84. The maximum atomic E-state index is 12.0. The molecule has 2 atom stereocenters. The lowest BCUT2D eigenvalue weighted by molar-refractivity contribution is -0.136. The molecule has 0 radical (unpaired) electrons. The number of rotatable bonds is 4. The summed E-state index contributed by atoms with van der Waals surface area (Å²) in [5.41, 5.74) is 1.43. The van der Waals surface area contributed by atoms with E-state index in [1.807, 2.05) is 0 Å². The summed E-state index contributed by atoms with van der Waals surface area (Å²) >= 11 is 0. The highest BCUT2D eigenvalue weighted by Gasteiger charge is 2.29. The van der Waals surface area contributed by atoms with Gasteiger partial charge in [-0.15, -0.1) is 0 Å². The molecule has 5 nitrogen and oxygen atoms in total. The van der Waals surface area contributed by atoms with Crippen molar-refractivity contribution in [2.45, 2.75) is 13.3 Å². The summed E-state index contributed by atoms with van der Waals surface area (Å²) in [4.78, 5) is 22.6. The number of nitrogens with one attached hydrogen (secondary N) is 2. The fourth-order valence-corrected chi connectivity index (χ4v) is 2.28. The van der Waals surface area contributed by atoms with E-state index < -0.39 is 5.97 Å². The highest BCUT2D eigenvalue weighted by atomic mass is 16.4. The highest BCUT2D eigenvalue weighted by molar-refractivity contribution is 5.93. The molecule has 1 saturated heterocycles. The summed E-state index contributed by atoms with van der Waals surface area (Å²) < 4.78 is 0. The van der Waals surface area contributed by atoms with Crippen LogP contribution in [0, 0.1) is 11.8 Å². The zero-order valence-electron chi connectivity index (χ0n) is 10.8. The number of anilines is 1. The van der Waals surface area contributed by atoms with Gasteiger partial charge >= 0.3 is 5.97 Å². The molecule has 2 rings (SSSR count). The van der Waals surface area contributed by atoms with E-state index in [-0.39, 0.29) is 18.2 Å². The van der Waals surface area contributed by atoms with Crippen LogP contribution in [0.4, 0.5) is 5.69 Å². The molecular weight excluding hydrogens is 244 g/mol. The third-order valence-electron chi connectivity index (χ3n) is 3.43. The van der Waals surface area contributed by atoms with Gasteiger partial charge in [0.25, 0.3) is 0 Å². The Morgan fingerprint density at radius 1 is 1.32 bits per heavy atom. The fraction of sp³-hybridized carbons (Fsp3) is 0.429. The van der Waals surface area contributed by atoms with Crippen molar-refractivity contribution >= 4 is 17.6 Å². The zero-order chi connectivity index (χ0) is 13.8. The molecule has 1 aromatic carbocycles. The van der Waals surface area contributed by atoms with Crippen LogP contribution in [0.15, 0.2) is 24.3 Å². The Morgan fingerprint density at radius 2 is 2.00 bits per heavy atom. The molecule has 0 unspecified atom stereocenters. The molecule has 1 fully saturated rings. The Labute approximate surface area is 112 Å². The number of carbonyl (C=O) groups is 2. The molecule has 19 heavy (non-hydrogen) atoms. The van der Waals surface area contributed by atoms with Crippen LogP contribution in [0.5, 0.6) is 0 Å². The quantitative estimate of drug-likeness (QED) is 0.759. The van der Waals surface area contributed by atoms with Gasteiger partial charge < -0.3 is 15.7 Å². The van der Waals surface area contributed by atoms with Gasteiger partial charge in [0, 0.05) is 12.2 Å². The Morgan fingerprint density at radius 3 is 2.53 bits per heavy atom. The molecule has 1 aromatic rings. The number of amides is 1. The van der Waals surface area contributed by atoms with Crippen molar-refractivity contribution in [1.82, 2.24) is 5.32 Å². The van der Waals surface area contributed by atoms with Gasteiger partial charge in [-0.05, 0) is 30.2 Å². The standard InChI is InChI=1S/C14H18N2O3/c1-9-7-15-8-12(9)14(19)16-11-4-2-10(3-5-11)6-13(17)18/h2-5,9,12,15H,6-8H2,1H3,(H,16,19)(H,17,18)/t9-,12-/m1/s1. The van der Waals surface area contributed by atoms with Crippen LogP contribution in [0.3, 0.4) is 0 Å². The molecule has 3 N–H and O–H groups in total. The van der Waals surface area contributed by atoms with Crippen molar-refractivity contribution in [3.8, 4) is 0 Å². The molecule has 1 heterocycles.